The summed E-state index contributed by atoms with van der Waals surface area (Å²) in [5.41, 5.74) is -0.824. The summed E-state index contributed by atoms with van der Waals surface area (Å²) in [6.45, 7) is 1.64. The molecule has 2 aromatic carbocycles. The summed E-state index contributed by atoms with van der Waals surface area (Å²) in [5, 5.41) is 9.32. The number of nitrogens with zero attached hydrogens (tertiary/aromatic N) is 1. The van der Waals surface area contributed by atoms with Gasteiger partial charge in [0.1, 0.15) is 5.82 Å². The van der Waals surface area contributed by atoms with E-state index < -0.39 is 28.7 Å². The fraction of sp³-hybridized carbons (Fsp3) is 0.0588. The Morgan fingerprint density at radius 2 is 1.74 bits per heavy atom. The van der Waals surface area contributed by atoms with Crippen LogP contribution in [0.3, 0.4) is 0 Å². The third-order valence-corrected chi connectivity index (χ3v) is 3.65. The van der Waals surface area contributed by atoms with Crippen LogP contribution in [0.4, 0.5) is 8.78 Å². The van der Waals surface area contributed by atoms with Gasteiger partial charge in [-0.15, -0.1) is 0 Å². The minimum atomic E-state index is -1.64. The monoisotopic (exact) mass is 315 g/mol. The van der Waals surface area contributed by atoms with Crippen LogP contribution in [0.5, 0.6) is 0 Å². The van der Waals surface area contributed by atoms with Gasteiger partial charge in [0.25, 0.3) is 0 Å². The average Bonchev–Trinajstić information content (AvgIpc) is 2.48. The normalized spacial score (nSPS) is 10.9. The molecule has 3 rings (SSSR count). The topological polar surface area (TPSA) is 59.3 Å². The maximum atomic E-state index is 14.7. The molecule has 4 nitrogen and oxygen atoms in total. The number of benzene rings is 2. The van der Waals surface area contributed by atoms with Gasteiger partial charge in [0.05, 0.1) is 10.9 Å². The molecular weight excluding hydrogens is 304 g/mol. The van der Waals surface area contributed by atoms with Crippen LogP contribution in [0.25, 0.3) is 16.6 Å². The third kappa shape index (κ3) is 2.28. The Balaban J connectivity index is 2.55. The molecule has 0 radical (unpaired) electrons. The van der Waals surface area contributed by atoms with Crippen molar-refractivity contribution < 1.29 is 18.7 Å². The standard InChI is InChI=1S/C17H11F2NO3/c1-9-3-2-4-12-13(9)15(21)14(17(22)23)16(19)20(12)11-7-5-10(18)6-8-11/h2-8H,1H3,(H,22,23). The molecule has 3 aromatic rings. The molecule has 116 valence electrons. The predicted molar refractivity (Wildman–Crippen MR) is 81.2 cm³/mol. The average molecular weight is 315 g/mol. The maximum absolute atomic E-state index is 14.7. The molecule has 0 saturated heterocycles. The molecule has 1 heterocycles. The van der Waals surface area contributed by atoms with Crippen LogP contribution in [0.15, 0.2) is 47.3 Å². The van der Waals surface area contributed by atoms with E-state index >= 15 is 0 Å². The van der Waals surface area contributed by atoms with Crippen molar-refractivity contribution in [2.45, 2.75) is 6.92 Å². The molecule has 1 aromatic heterocycles. The van der Waals surface area contributed by atoms with Crippen LogP contribution < -0.4 is 5.43 Å². The second kappa shape index (κ2) is 5.31. The van der Waals surface area contributed by atoms with Crippen LogP contribution in [0, 0.1) is 18.7 Å². The Morgan fingerprint density at radius 1 is 1.09 bits per heavy atom. The molecule has 0 atom stereocenters. The highest BCUT2D eigenvalue weighted by atomic mass is 19.1. The Labute approximate surface area is 129 Å². The summed E-state index contributed by atoms with van der Waals surface area (Å²) < 4.78 is 28.8. The number of carboxylic acids is 1. The minimum Gasteiger partial charge on any atom is -0.477 e. The molecule has 0 amide bonds. The second-order valence-corrected chi connectivity index (χ2v) is 5.08. The van der Waals surface area contributed by atoms with Crippen LogP contribution in [-0.2, 0) is 0 Å². The van der Waals surface area contributed by atoms with Gasteiger partial charge >= 0.3 is 5.97 Å². The van der Waals surface area contributed by atoms with E-state index in [1.54, 1.807) is 19.1 Å². The van der Waals surface area contributed by atoms with Crippen LogP contribution >= 0.6 is 0 Å². The number of pyridine rings is 1. The number of fused-ring (bicyclic) bond motifs is 1. The third-order valence-electron chi connectivity index (χ3n) is 3.65. The number of carboxylic acid groups (broad SMARTS) is 1. The second-order valence-electron chi connectivity index (χ2n) is 5.08. The summed E-state index contributed by atoms with van der Waals surface area (Å²) in [6, 6.07) is 9.69. The van der Waals surface area contributed by atoms with Crippen molar-refractivity contribution in [3.8, 4) is 5.69 Å². The fourth-order valence-corrected chi connectivity index (χ4v) is 2.60. The van der Waals surface area contributed by atoms with Crippen molar-refractivity contribution in [2.24, 2.45) is 0 Å². The van der Waals surface area contributed by atoms with Gasteiger partial charge < -0.3 is 5.11 Å². The first-order valence-corrected chi connectivity index (χ1v) is 6.75. The highest BCUT2D eigenvalue weighted by molar-refractivity contribution is 5.94. The van der Waals surface area contributed by atoms with E-state index in [0.29, 0.717) is 5.56 Å². The van der Waals surface area contributed by atoms with E-state index in [0.717, 1.165) is 16.7 Å². The summed E-state index contributed by atoms with van der Waals surface area (Å²) in [4.78, 5) is 23.7. The Morgan fingerprint density at radius 3 is 2.35 bits per heavy atom. The van der Waals surface area contributed by atoms with Gasteiger partial charge in [0.2, 0.25) is 11.4 Å². The first kappa shape index (κ1) is 14.9. The van der Waals surface area contributed by atoms with E-state index in [-0.39, 0.29) is 16.6 Å². The molecule has 0 unspecified atom stereocenters. The summed E-state index contributed by atoms with van der Waals surface area (Å²) in [5.74, 6) is -3.34. The van der Waals surface area contributed by atoms with Gasteiger partial charge in [-0.25, -0.2) is 9.18 Å². The number of halogens is 2. The van der Waals surface area contributed by atoms with Crippen molar-refractivity contribution in [2.75, 3.05) is 0 Å². The smallest absolute Gasteiger partial charge is 0.344 e. The zero-order valence-corrected chi connectivity index (χ0v) is 12.0. The first-order chi connectivity index (χ1) is 10.9. The molecule has 6 heteroatoms. The molecule has 0 aliphatic rings. The zero-order valence-electron chi connectivity index (χ0n) is 12.0. The lowest BCUT2D eigenvalue weighted by atomic mass is 10.1. The molecule has 0 bridgehead atoms. The van der Waals surface area contributed by atoms with E-state index in [2.05, 4.69) is 0 Å². The van der Waals surface area contributed by atoms with E-state index in [1.165, 1.54) is 18.2 Å². The highest BCUT2D eigenvalue weighted by Crippen LogP contribution is 2.23. The van der Waals surface area contributed by atoms with Crippen LogP contribution in [-0.4, -0.2) is 15.6 Å². The van der Waals surface area contributed by atoms with Gasteiger partial charge in [-0.3, -0.25) is 9.36 Å². The van der Waals surface area contributed by atoms with Crippen molar-refractivity contribution >= 4 is 16.9 Å². The van der Waals surface area contributed by atoms with Crippen LogP contribution in [0.2, 0.25) is 0 Å². The van der Waals surface area contributed by atoms with Gasteiger partial charge in [0, 0.05) is 5.69 Å². The maximum Gasteiger partial charge on any atom is 0.344 e. The highest BCUT2D eigenvalue weighted by Gasteiger charge is 2.23. The van der Waals surface area contributed by atoms with E-state index in [1.807, 2.05) is 0 Å². The Kier molecular flexibility index (Phi) is 3.44. The molecule has 0 aliphatic heterocycles. The predicted octanol–water partition coefficient (Wildman–Crippen LogP) is 3.28. The largest absolute Gasteiger partial charge is 0.477 e. The quantitative estimate of drug-likeness (QED) is 0.738. The molecule has 23 heavy (non-hydrogen) atoms. The number of hydrogen-bond donors (Lipinski definition) is 1. The summed E-state index contributed by atoms with van der Waals surface area (Å²) in [6.07, 6.45) is 0. The van der Waals surface area contributed by atoms with E-state index in [4.69, 9.17) is 0 Å². The number of hydrogen-bond acceptors (Lipinski definition) is 2. The van der Waals surface area contributed by atoms with Crippen molar-refractivity contribution in [3.63, 3.8) is 0 Å². The number of rotatable bonds is 2. The summed E-state index contributed by atoms with van der Waals surface area (Å²) in [7, 11) is 0. The first-order valence-electron chi connectivity index (χ1n) is 6.75. The molecule has 0 spiro atoms. The van der Waals surface area contributed by atoms with Crippen molar-refractivity contribution in [1.82, 2.24) is 4.57 Å². The number of aromatic nitrogens is 1. The lowest BCUT2D eigenvalue weighted by Crippen LogP contribution is -2.23. The van der Waals surface area contributed by atoms with Crippen LogP contribution in [0.1, 0.15) is 15.9 Å². The SMILES string of the molecule is Cc1cccc2c1c(=O)c(C(=O)O)c(F)n2-c1ccc(F)cc1. The molecule has 0 aliphatic carbocycles. The fourth-order valence-electron chi connectivity index (χ4n) is 2.60. The molecular formula is C17H11F2NO3. The number of carbonyl (C=O) groups is 1. The molecule has 0 fully saturated rings. The minimum absolute atomic E-state index is 0.121. The summed E-state index contributed by atoms with van der Waals surface area (Å²) >= 11 is 0. The van der Waals surface area contributed by atoms with Gasteiger partial charge in [0.15, 0.2) is 5.56 Å². The Hall–Kier alpha value is -3.02. The zero-order chi connectivity index (χ0) is 16.7. The lowest BCUT2D eigenvalue weighted by molar-refractivity contribution is 0.0689. The molecule has 0 saturated carbocycles. The van der Waals surface area contributed by atoms with Gasteiger partial charge in [-0.05, 0) is 42.8 Å². The van der Waals surface area contributed by atoms with Gasteiger partial charge in [-0.2, -0.15) is 4.39 Å². The van der Waals surface area contributed by atoms with Crippen molar-refractivity contribution in [3.05, 3.63) is 75.6 Å². The molecule has 1 N–H and O–H groups in total. The van der Waals surface area contributed by atoms with Gasteiger partial charge in [-0.1, -0.05) is 12.1 Å². The number of aromatic carboxylic acids is 1. The lowest BCUT2D eigenvalue weighted by Gasteiger charge is -2.15. The number of aryl methyl sites for hydroxylation is 1. The van der Waals surface area contributed by atoms with Crippen molar-refractivity contribution in [1.29, 1.82) is 0 Å². The Bertz CT molecular complexity index is 991. The van der Waals surface area contributed by atoms with E-state index in [9.17, 15) is 23.5 Å².